The molecule has 0 rings (SSSR count). The predicted octanol–water partition coefficient (Wildman–Crippen LogP) is 1.79. The zero-order chi connectivity index (χ0) is 7.98. The monoisotopic (exact) mass is 139 g/mol. The van der Waals surface area contributed by atoms with Crippen LogP contribution in [0, 0.1) is 12.3 Å². The maximum atomic E-state index is 5.27. The van der Waals surface area contributed by atoms with Crippen molar-refractivity contribution in [1.82, 2.24) is 5.32 Å². The van der Waals surface area contributed by atoms with Crippen molar-refractivity contribution in [2.75, 3.05) is 0 Å². The molecule has 0 amide bonds. The molecule has 0 aromatic rings. The maximum absolute atomic E-state index is 5.27. The summed E-state index contributed by atoms with van der Waals surface area (Å²) in [6.45, 7) is 6.40. The summed E-state index contributed by atoms with van der Waals surface area (Å²) >= 11 is 0. The molecule has 0 heterocycles. The van der Waals surface area contributed by atoms with E-state index < -0.39 is 0 Å². The lowest BCUT2D eigenvalue weighted by Crippen LogP contribution is -2.34. The van der Waals surface area contributed by atoms with Gasteiger partial charge in [0.25, 0.3) is 0 Å². The van der Waals surface area contributed by atoms with Crippen molar-refractivity contribution in [3.8, 4) is 12.3 Å². The second-order valence-corrected chi connectivity index (χ2v) is 2.60. The van der Waals surface area contributed by atoms with Crippen LogP contribution in [0.1, 0.15) is 33.6 Å². The van der Waals surface area contributed by atoms with Crippen molar-refractivity contribution in [3.63, 3.8) is 0 Å². The van der Waals surface area contributed by atoms with Crippen molar-refractivity contribution in [3.05, 3.63) is 0 Å². The van der Waals surface area contributed by atoms with Gasteiger partial charge < -0.3 is 5.32 Å². The molecule has 0 aromatic carbocycles. The van der Waals surface area contributed by atoms with E-state index in [1.54, 1.807) is 0 Å². The second-order valence-electron chi connectivity index (χ2n) is 2.60. The molecule has 58 valence electrons. The fraction of sp³-hybridized carbons (Fsp3) is 0.778. The molecule has 0 bridgehead atoms. The minimum atomic E-state index is 0.259. The minimum Gasteiger partial charge on any atom is -0.301 e. The lowest BCUT2D eigenvalue weighted by Gasteiger charge is -2.15. The Morgan fingerprint density at radius 2 is 2.00 bits per heavy atom. The van der Waals surface area contributed by atoms with Crippen LogP contribution in [0.2, 0.25) is 0 Å². The van der Waals surface area contributed by atoms with Gasteiger partial charge in [0.2, 0.25) is 0 Å². The van der Waals surface area contributed by atoms with Crippen LogP contribution in [0.4, 0.5) is 0 Å². The van der Waals surface area contributed by atoms with Gasteiger partial charge in [-0.05, 0) is 19.8 Å². The third-order valence-corrected chi connectivity index (χ3v) is 1.71. The Labute approximate surface area is 64.2 Å². The van der Waals surface area contributed by atoms with Gasteiger partial charge in [0.15, 0.2) is 0 Å². The highest BCUT2D eigenvalue weighted by atomic mass is 14.9. The summed E-state index contributed by atoms with van der Waals surface area (Å²) in [5.41, 5.74) is 0. The molecule has 10 heavy (non-hydrogen) atoms. The van der Waals surface area contributed by atoms with Gasteiger partial charge >= 0.3 is 0 Å². The van der Waals surface area contributed by atoms with E-state index >= 15 is 0 Å². The van der Waals surface area contributed by atoms with Gasteiger partial charge in [-0.25, -0.2) is 0 Å². The highest BCUT2D eigenvalue weighted by Gasteiger charge is 2.03. The number of rotatable bonds is 4. The van der Waals surface area contributed by atoms with Crippen molar-refractivity contribution in [2.24, 2.45) is 0 Å². The van der Waals surface area contributed by atoms with E-state index in [4.69, 9.17) is 6.42 Å². The van der Waals surface area contributed by atoms with Crippen LogP contribution in [0.3, 0.4) is 0 Å². The van der Waals surface area contributed by atoms with Crippen LogP contribution in [0.15, 0.2) is 0 Å². The van der Waals surface area contributed by atoms with E-state index in [0.717, 1.165) is 12.8 Å². The molecule has 1 nitrogen and oxygen atoms in total. The highest BCUT2D eigenvalue weighted by Crippen LogP contribution is 1.94. The summed E-state index contributed by atoms with van der Waals surface area (Å²) in [7, 11) is 0. The third-order valence-electron chi connectivity index (χ3n) is 1.71. The minimum absolute atomic E-state index is 0.259. The number of hydrogen-bond acceptors (Lipinski definition) is 1. The van der Waals surface area contributed by atoms with Gasteiger partial charge in [-0.1, -0.05) is 19.8 Å². The van der Waals surface area contributed by atoms with E-state index in [-0.39, 0.29) is 6.04 Å². The number of hydrogen-bond donors (Lipinski definition) is 1. The predicted molar refractivity (Wildman–Crippen MR) is 45.8 cm³/mol. The molecule has 0 saturated carbocycles. The number of nitrogens with one attached hydrogen (secondary N) is 1. The Balaban J connectivity index is 3.54. The van der Waals surface area contributed by atoms with E-state index in [9.17, 15) is 0 Å². The molecule has 2 unspecified atom stereocenters. The standard InChI is InChI=1S/C9H17N/c1-5-8(4)10-9(6-2)7-3/h2,8-10H,5,7H2,1,3-4H3. The summed E-state index contributed by atoms with van der Waals surface area (Å²) < 4.78 is 0. The largest absolute Gasteiger partial charge is 0.301 e. The normalized spacial score (nSPS) is 15.8. The maximum Gasteiger partial charge on any atom is 0.0686 e. The molecule has 0 aliphatic heterocycles. The Hall–Kier alpha value is -0.480. The summed E-state index contributed by atoms with van der Waals surface area (Å²) in [6.07, 6.45) is 7.43. The first kappa shape index (κ1) is 9.52. The van der Waals surface area contributed by atoms with Gasteiger partial charge in [-0.2, -0.15) is 0 Å². The molecule has 0 radical (unpaired) electrons. The molecule has 0 aliphatic rings. The van der Waals surface area contributed by atoms with Crippen LogP contribution in [-0.4, -0.2) is 12.1 Å². The van der Waals surface area contributed by atoms with Crippen LogP contribution in [0.25, 0.3) is 0 Å². The Morgan fingerprint density at radius 3 is 2.30 bits per heavy atom. The van der Waals surface area contributed by atoms with E-state index in [1.165, 1.54) is 0 Å². The second kappa shape index (κ2) is 5.32. The smallest absolute Gasteiger partial charge is 0.0686 e. The van der Waals surface area contributed by atoms with Crippen LogP contribution >= 0.6 is 0 Å². The van der Waals surface area contributed by atoms with Gasteiger partial charge in [-0.15, -0.1) is 6.42 Å². The molecule has 1 N–H and O–H groups in total. The van der Waals surface area contributed by atoms with Crippen LogP contribution < -0.4 is 5.32 Å². The molecule has 0 fully saturated rings. The zero-order valence-corrected chi connectivity index (χ0v) is 7.15. The fourth-order valence-electron chi connectivity index (χ4n) is 0.745. The van der Waals surface area contributed by atoms with E-state index in [2.05, 4.69) is 32.0 Å². The first-order valence-corrected chi connectivity index (χ1v) is 3.96. The van der Waals surface area contributed by atoms with Gasteiger partial charge in [0.05, 0.1) is 6.04 Å². The third kappa shape index (κ3) is 3.53. The van der Waals surface area contributed by atoms with Crippen LogP contribution in [0.5, 0.6) is 0 Å². The lowest BCUT2D eigenvalue weighted by molar-refractivity contribution is 0.485. The van der Waals surface area contributed by atoms with Crippen molar-refractivity contribution in [2.45, 2.75) is 45.7 Å². The quantitative estimate of drug-likeness (QED) is 0.585. The summed E-state index contributed by atoms with van der Waals surface area (Å²) in [6, 6.07) is 0.802. The fourth-order valence-corrected chi connectivity index (χ4v) is 0.745. The summed E-state index contributed by atoms with van der Waals surface area (Å²) in [5.74, 6) is 2.71. The molecule has 0 saturated heterocycles. The topological polar surface area (TPSA) is 12.0 Å². The number of terminal acetylenes is 1. The first-order valence-electron chi connectivity index (χ1n) is 3.96. The molecule has 0 aromatic heterocycles. The van der Waals surface area contributed by atoms with Gasteiger partial charge in [-0.3, -0.25) is 0 Å². The summed E-state index contributed by atoms with van der Waals surface area (Å²) in [4.78, 5) is 0. The summed E-state index contributed by atoms with van der Waals surface area (Å²) in [5, 5.41) is 3.33. The molecule has 0 aliphatic carbocycles. The van der Waals surface area contributed by atoms with Gasteiger partial charge in [0.1, 0.15) is 0 Å². The van der Waals surface area contributed by atoms with E-state index in [0.29, 0.717) is 6.04 Å². The molecule has 2 atom stereocenters. The average Bonchev–Trinajstić information content (AvgIpc) is 1.99. The highest BCUT2D eigenvalue weighted by molar-refractivity contribution is 4.98. The van der Waals surface area contributed by atoms with Gasteiger partial charge in [0, 0.05) is 6.04 Å². The molecular weight excluding hydrogens is 122 g/mol. The first-order chi connectivity index (χ1) is 4.74. The van der Waals surface area contributed by atoms with Crippen molar-refractivity contribution >= 4 is 0 Å². The Bertz CT molecular complexity index is 112. The van der Waals surface area contributed by atoms with Crippen molar-refractivity contribution in [1.29, 1.82) is 0 Å². The molecule has 1 heteroatoms. The van der Waals surface area contributed by atoms with Crippen molar-refractivity contribution < 1.29 is 0 Å². The van der Waals surface area contributed by atoms with Crippen LogP contribution in [-0.2, 0) is 0 Å². The average molecular weight is 139 g/mol. The van der Waals surface area contributed by atoms with E-state index in [1.807, 2.05) is 0 Å². The SMILES string of the molecule is C#CC(CC)NC(C)CC. The Morgan fingerprint density at radius 1 is 1.40 bits per heavy atom. The molecule has 0 spiro atoms. The lowest BCUT2D eigenvalue weighted by atomic mass is 10.2. The Kier molecular flexibility index (Phi) is 5.06. The molecular formula is C9H17N. The zero-order valence-electron chi connectivity index (χ0n) is 7.15.